The molecule has 0 saturated heterocycles. The van der Waals surface area contributed by atoms with E-state index in [0.29, 0.717) is 17.5 Å². The van der Waals surface area contributed by atoms with Gasteiger partial charge in [-0.1, -0.05) is 123 Å². The third-order valence-corrected chi connectivity index (χ3v) is 9.88. The molecule has 0 radical (unpaired) electrons. The fraction of sp³-hybridized carbons (Fsp3) is 0.0714. The van der Waals surface area contributed by atoms with Crippen molar-refractivity contribution >= 4 is 32.3 Å². The van der Waals surface area contributed by atoms with Gasteiger partial charge in [-0.05, 0) is 56.6 Å². The molecule has 0 fully saturated rings. The molecule has 1 aliphatic heterocycles. The minimum atomic E-state index is -0.129. The van der Waals surface area contributed by atoms with E-state index in [1.54, 1.807) is 0 Å². The van der Waals surface area contributed by atoms with Crippen LogP contribution in [0.25, 0.3) is 77.6 Å². The number of hydrogen-bond donors (Lipinski definition) is 0. The van der Waals surface area contributed by atoms with Gasteiger partial charge in [0.2, 0.25) is 0 Å². The Kier molecular flexibility index (Phi) is 5.03. The van der Waals surface area contributed by atoms with Gasteiger partial charge in [0.25, 0.3) is 0 Å². The predicted octanol–water partition coefficient (Wildman–Crippen LogP) is 10.7. The van der Waals surface area contributed by atoms with Crippen molar-refractivity contribution < 1.29 is 4.74 Å². The maximum absolute atomic E-state index is 6.79. The average molecular weight is 590 g/mol. The Bertz CT molecular complexity index is 2580. The summed E-state index contributed by atoms with van der Waals surface area (Å²) in [6.07, 6.45) is 0. The molecule has 0 bridgehead atoms. The SMILES string of the molecule is CC1(C)c2ccccc2-c2ccc(-c3nc(-c4ccccc4)nc(-c4ccc5ccc6ccc7cccc8c7c6c5c4O8)n3)cc21. The molecule has 4 nitrogen and oxygen atoms in total. The van der Waals surface area contributed by atoms with Gasteiger partial charge in [0.15, 0.2) is 17.5 Å². The second-order valence-electron chi connectivity index (χ2n) is 12.8. The Morgan fingerprint density at radius 3 is 1.91 bits per heavy atom. The highest BCUT2D eigenvalue weighted by Crippen LogP contribution is 2.51. The van der Waals surface area contributed by atoms with Crippen LogP contribution in [0.2, 0.25) is 0 Å². The molecule has 10 rings (SSSR count). The molecule has 2 heterocycles. The van der Waals surface area contributed by atoms with Crippen LogP contribution in [0.3, 0.4) is 0 Å². The number of aromatic nitrogens is 3. The summed E-state index contributed by atoms with van der Waals surface area (Å²) in [4.78, 5) is 15.4. The Morgan fingerprint density at radius 2 is 1.09 bits per heavy atom. The molecule has 216 valence electrons. The van der Waals surface area contributed by atoms with Gasteiger partial charge in [-0.15, -0.1) is 0 Å². The largest absolute Gasteiger partial charge is 0.455 e. The highest BCUT2D eigenvalue weighted by Gasteiger charge is 2.35. The quantitative estimate of drug-likeness (QED) is 0.192. The van der Waals surface area contributed by atoms with E-state index < -0.39 is 0 Å². The van der Waals surface area contributed by atoms with Crippen molar-refractivity contribution in [3.8, 4) is 56.8 Å². The molecule has 2 aliphatic rings. The average Bonchev–Trinajstić information content (AvgIpc) is 3.34. The topological polar surface area (TPSA) is 47.9 Å². The predicted molar refractivity (Wildman–Crippen MR) is 186 cm³/mol. The third kappa shape index (κ3) is 3.47. The summed E-state index contributed by atoms with van der Waals surface area (Å²) in [6.45, 7) is 4.60. The number of hydrogen-bond acceptors (Lipinski definition) is 4. The van der Waals surface area contributed by atoms with Crippen molar-refractivity contribution in [3.05, 3.63) is 139 Å². The van der Waals surface area contributed by atoms with Gasteiger partial charge in [0.1, 0.15) is 11.5 Å². The van der Waals surface area contributed by atoms with E-state index in [4.69, 9.17) is 19.7 Å². The van der Waals surface area contributed by atoms with Crippen molar-refractivity contribution in [1.29, 1.82) is 0 Å². The summed E-state index contributed by atoms with van der Waals surface area (Å²) in [5, 5.41) is 6.96. The van der Waals surface area contributed by atoms with Crippen LogP contribution in [0.1, 0.15) is 25.0 Å². The Hall–Kier alpha value is -5.87. The third-order valence-electron chi connectivity index (χ3n) is 9.88. The Morgan fingerprint density at radius 1 is 0.457 bits per heavy atom. The highest BCUT2D eigenvalue weighted by atomic mass is 16.5. The zero-order valence-electron chi connectivity index (χ0n) is 25.4. The van der Waals surface area contributed by atoms with Crippen LogP contribution in [0.5, 0.6) is 11.5 Å². The zero-order chi connectivity index (χ0) is 30.6. The van der Waals surface area contributed by atoms with Crippen LogP contribution in [0.4, 0.5) is 0 Å². The van der Waals surface area contributed by atoms with Crippen molar-refractivity contribution in [2.45, 2.75) is 19.3 Å². The fourth-order valence-corrected chi connectivity index (χ4v) is 7.61. The van der Waals surface area contributed by atoms with E-state index in [1.807, 2.05) is 30.3 Å². The number of nitrogens with zero attached hydrogens (tertiary/aromatic N) is 3. The van der Waals surface area contributed by atoms with Gasteiger partial charge in [0.05, 0.1) is 5.56 Å². The van der Waals surface area contributed by atoms with E-state index in [0.717, 1.165) is 44.3 Å². The molecule has 0 N–H and O–H groups in total. The van der Waals surface area contributed by atoms with Crippen LogP contribution in [-0.4, -0.2) is 15.0 Å². The molecule has 0 unspecified atom stereocenters. The fourth-order valence-electron chi connectivity index (χ4n) is 7.61. The van der Waals surface area contributed by atoms with Gasteiger partial charge in [-0.3, -0.25) is 0 Å². The van der Waals surface area contributed by atoms with Gasteiger partial charge < -0.3 is 4.74 Å². The molecule has 46 heavy (non-hydrogen) atoms. The first-order chi connectivity index (χ1) is 22.5. The van der Waals surface area contributed by atoms with Crippen LogP contribution < -0.4 is 4.74 Å². The van der Waals surface area contributed by atoms with Crippen LogP contribution in [0, 0.1) is 0 Å². The second-order valence-corrected chi connectivity index (χ2v) is 12.8. The maximum Gasteiger partial charge on any atom is 0.167 e. The monoisotopic (exact) mass is 589 g/mol. The smallest absolute Gasteiger partial charge is 0.167 e. The molecular weight excluding hydrogens is 562 g/mol. The molecule has 0 saturated carbocycles. The molecule has 0 spiro atoms. The number of fused-ring (bicyclic) bond motifs is 3. The number of benzene rings is 7. The molecule has 0 amide bonds. The van der Waals surface area contributed by atoms with E-state index in [2.05, 4.69) is 111 Å². The van der Waals surface area contributed by atoms with Crippen LogP contribution in [0.15, 0.2) is 127 Å². The van der Waals surface area contributed by atoms with Crippen LogP contribution >= 0.6 is 0 Å². The van der Waals surface area contributed by atoms with Crippen molar-refractivity contribution in [2.75, 3.05) is 0 Å². The second kappa shape index (κ2) is 9.09. The summed E-state index contributed by atoms with van der Waals surface area (Å²) in [5.74, 6) is 3.51. The molecule has 8 aromatic rings. The Labute approximate surface area is 266 Å². The summed E-state index contributed by atoms with van der Waals surface area (Å²) in [5.41, 5.74) is 7.82. The maximum atomic E-state index is 6.79. The lowest BCUT2D eigenvalue weighted by atomic mass is 9.82. The molecule has 1 aromatic heterocycles. The zero-order valence-corrected chi connectivity index (χ0v) is 25.4. The lowest BCUT2D eigenvalue weighted by molar-refractivity contribution is 0.494. The van der Waals surface area contributed by atoms with E-state index >= 15 is 0 Å². The normalized spacial score (nSPS) is 13.8. The van der Waals surface area contributed by atoms with E-state index in [1.165, 1.54) is 38.4 Å². The minimum absolute atomic E-state index is 0.129. The van der Waals surface area contributed by atoms with Gasteiger partial charge >= 0.3 is 0 Å². The first-order valence-electron chi connectivity index (χ1n) is 15.7. The molecule has 0 atom stereocenters. The van der Waals surface area contributed by atoms with Crippen molar-refractivity contribution in [1.82, 2.24) is 15.0 Å². The van der Waals surface area contributed by atoms with Crippen molar-refractivity contribution in [3.63, 3.8) is 0 Å². The summed E-state index contributed by atoms with van der Waals surface area (Å²) >= 11 is 0. The van der Waals surface area contributed by atoms with Gasteiger partial charge in [-0.2, -0.15) is 0 Å². The lowest BCUT2D eigenvalue weighted by Crippen LogP contribution is -2.15. The minimum Gasteiger partial charge on any atom is -0.455 e. The van der Waals surface area contributed by atoms with Gasteiger partial charge in [-0.25, -0.2) is 15.0 Å². The first-order valence-corrected chi connectivity index (χ1v) is 15.7. The Balaban J connectivity index is 1.23. The standard InChI is InChI=1S/C42H27N3O/c1-42(2)32-13-7-6-12-29(32)30-21-20-28(23-33(30)42)40-43-39(27-9-4-3-5-10-27)44-41(45-40)31-22-19-26-18-17-25-16-15-24-11-8-14-34-35(24)36(25)37(26)38(31)46-34/h3-23H,1-2H3. The molecule has 1 aliphatic carbocycles. The summed E-state index contributed by atoms with van der Waals surface area (Å²) < 4.78 is 6.79. The molecule has 4 heteroatoms. The molecular formula is C42H27N3O. The van der Waals surface area contributed by atoms with E-state index in [-0.39, 0.29) is 5.41 Å². The number of rotatable bonds is 3. The van der Waals surface area contributed by atoms with Crippen LogP contribution in [-0.2, 0) is 5.41 Å². The summed E-state index contributed by atoms with van der Waals surface area (Å²) in [7, 11) is 0. The molecule has 7 aromatic carbocycles. The van der Waals surface area contributed by atoms with Gasteiger partial charge in [0, 0.05) is 32.7 Å². The first kappa shape index (κ1) is 25.5. The van der Waals surface area contributed by atoms with Crippen molar-refractivity contribution in [2.24, 2.45) is 0 Å². The highest BCUT2D eigenvalue weighted by molar-refractivity contribution is 6.26. The van der Waals surface area contributed by atoms with E-state index in [9.17, 15) is 0 Å². The number of ether oxygens (including phenoxy) is 1. The summed E-state index contributed by atoms with van der Waals surface area (Å²) in [6, 6.07) is 44.7. The lowest BCUT2D eigenvalue weighted by Gasteiger charge is -2.23.